The second-order valence-electron chi connectivity index (χ2n) is 6.34. The molecule has 1 unspecified atom stereocenters. The molecule has 2 aromatic carbocycles. The van der Waals surface area contributed by atoms with Gasteiger partial charge in [0.15, 0.2) is 0 Å². The summed E-state index contributed by atoms with van der Waals surface area (Å²) in [6.07, 6.45) is 0. The van der Waals surface area contributed by atoms with Crippen LogP contribution < -0.4 is 5.73 Å². The van der Waals surface area contributed by atoms with Crippen LogP contribution in [0.2, 0.25) is 5.02 Å². The lowest BCUT2D eigenvalue weighted by atomic mass is 9.83. The molecule has 2 N–H and O–H groups in total. The number of carbonyl (C=O) groups excluding carboxylic acids is 2. The van der Waals surface area contributed by atoms with Crippen LogP contribution in [0, 0.1) is 11.3 Å². The Morgan fingerprint density at radius 1 is 1.24 bits per heavy atom. The fraction of sp³-hybridized carbons (Fsp3) is 0.0952. The first-order valence-corrected chi connectivity index (χ1v) is 9.76. The largest absolute Gasteiger partial charge is 0.466 e. The standard InChI is InChI=1S/C21H14ClN3O3S/c1-28-21(27)17-16(11-6-8-12(22)9-7-11)14(10-23)20-25(18(17)24)19(26)13-4-2-3-5-15(13)29-20/h2-9,16H,24H2,1H3. The van der Waals surface area contributed by atoms with Gasteiger partial charge in [-0.1, -0.05) is 47.6 Å². The van der Waals surface area contributed by atoms with E-state index in [-0.39, 0.29) is 17.0 Å². The lowest BCUT2D eigenvalue weighted by Crippen LogP contribution is -2.42. The van der Waals surface area contributed by atoms with E-state index in [1.807, 2.05) is 12.1 Å². The van der Waals surface area contributed by atoms with Crippen LogP contribution in [0.3, 0.4) is 0 Å². The van der Waals surface area contributed by atoms with Crippen LogP contribution in [0.15, 0.2) is 75.4 Å². The van der Waals surface area contributed by atoms with Gasteiger partial charge in [-0.3, -0.25) is 9.69 Å². The molecule has 0 aliphatic carbocycles. The van der Waals surface area contributed by atoms with E-state index in [0.717, 1.165) is 4.90 Å². The van der Waals surface area contributed by atoms with E-state index in [1.165, 1.54) is 23.8 Å². The minimum absolute atomic E-state index is 0.0437. The van der Waals surface area contributed by atoms with Crippen molar-refractivity contribution in [2.75, 3.05) is 7.11 Å². The molecule has 1 amide bonds. The van der Waals surface area contributed by atoms with Crippen molar-refractivity contribution in [1.29, 1.82) is 5.26 Å². The van der Waals surface area contributed by atoms with E-state index in [2.05, 4.69) is 6.07 Å². The minimum atomic E-state index is -0.776. The maximum atomic E-state index is 13.2. The number of thioether (sulfide) groups is 1. The number of nitriles is 1. The van der Waals surface area contributed by atoms with Gasteiger partial charge in [-0.05, 0) is 29.8 Å². The number of methoxy groups -OCH3 is 1. The number of nitrogens with zero attached hydrogens (tertiary/aromatic N) is 2. The van der Waals surface area contributed by atoms with Crippen molar-refractivity contribution < 1.29 is 14.3 Å². The molecule has 29 heavy (non-hydrogen) atoms. The number of hydrogen-bond donors (Lipinski definition) is 1. The lowest BCUT2D eigenvalue weighted by molar-refractivity contribution is -0.136. The van der Waals surface area contributed by atoms with E-state index >= 15 is 0 Å². The summed E-state index contributed by atoms with van der Waals surface area (Å²) >= 11 is 7.27. The fourth-order valence-corrected chi connectivity index (χ4v) is 4.75. The molecule has 0 radical (unpaired) electrons. The first-order chi connectivity index (χ1) is 14.0. The van der Waals surface area contributed by atoms with E-state index < -0.39 is 17.8 Å². The summed E-state index contributed by atoms with van der Waals surface area (Å²) in [6.45, 7) is 0. The van der Waals surface area contributed by atoms with Crippen molar-refractivity contribution >= 4 is 35.2 Å². The van der Waals surface area contributed by atoms with Crippen molar-refractivity contribution in [3.63, 3.8) is 0 Å². The predicted octanol–water partition coefficient (Wildman–Crippen LogP) is 3.76. The van der Waals surface area contributed by atoms with Crippen LogP contribution in [0.25, 0.3) is 0 Å². The summed E-state index contributed by atoms with van der Waals surface area (Å²) < 4.78 is 4.93. The van der Waals surface area contributed by atoms with Crippen molar-refractivity contribution in [2.24, 2.45) is 5.73 Å². The Morgan fingerprint density at radius 2 is 1.93 bits per heavy atom. The summed E-state index contributed by atoms with van der Waals surface area (Å²) in [5.41, 5.74) is 7.72. The third kappa shape index (κ3) is 2.97. The number of benzene rings is 2. The molecular formula is C21H14ClN3O3S. The maximum absolute atomic E-state index is 13.2. The molecule has 2 aliphatic heterocycles. The number of hydrogen-bond acceptors (Lipinski definition) is 6. The molecule has 2 aromatic rings. The monoisotopic (exact) mass is 423 g/mol. The third-order valence-corrected chi connectivity index (χ3v) is 6.21. The average molecular weight is 424 g/mol. The zero-order valence-corrected chi connectivity index (χ0v) is 16.8. The SMILES string of the molecule is COC(=O)C1=C(N)N2C(=O)c3ccccc3SC2=C(C#N)C1c1ccc(Cl)cc1. The average Bonchev–Trinajstić information content (AvgIpc) is 2.73. The zero-order valence-electron chi connectivity index (χ0n) is 15.2. The Labute approximate surface area is 176 Å². The van der Waals surface area contributed by atoms with Crippen LogP contribution in [0.1, 0.15) is 21.8 Å². The molecule has 4 rings (SSSR count). The molecule has 144 valence electrons. The highest BCUT2D eigenvalue weighted by Crippen LogP contribution is 2.49. The van der Waals surface area contributed by atoms with Crippen molar-refractivity contribution in [3.05, 3.63) is 86.7 Å². The molecule has 0 bridgehead atoms. The van der Waals surface area contributed by atoms with Gasteiger partial charge in [0.05, 0.1) is 35.8 Å². The van der Waals surface area contributed by atoms with Crippen LogP contribution >= 0.6 is 23.4 Å². The van der Waals surface area contributed by atoms with Gasteiger partial charge in [0.25, 0.3) is 5.91 Å². The van der Waals surface area contributed by atoms with E-state index in [0.29, 0.717) is 21.2 Å². The summed E-state index contributed by atoms with van der Waals surface area (Å²) in [7, 11) is 1.23. The lowest BCUT2D eigenvalue weighted by Gasteiger charge is -2.38. The number of rotatable bonds is 2. The second kappa shape index (κ2) is 7.32. The van der Waals surface area contributed by atoms with E-state index in [1.54, 1.807) is 36.4 Å². The normalized spacial score (nSPS) is 18.2. The van der Waals surface area contributed by atoms with Crippen LogP contribution in [0.4, 0.5) is 0 Å². The molecule has 0 spiro atoms. The molecule has 2 aliphatic rings. The van der Waals surface area contributed by atoms with Crippen molar-refractivity contribution in [1.82, 2.24) is 4.90 Å². The Hall–Kier alpha value is -3.21. The van der Waals surface area contributed by atoms with Gasteiger partial charge in [-0.25, -0.2) is 4.79 Å². The molecule has 0 aromatic heterocycles. The molecule has 0 fully saturated rings. The molecule has 2 heterocycles. The summed E-state index contributed by atoms with van der Waals surface area (Å²) in [5.74, 6) is -1.92. The number of halogens is 1. The van der Waals surface area contributed by atoms with Gasteiger partial charge < -0.3 is 10.5 Å². The van der Waals surface area contributed by atoms with Crippen molar-refractivity contribution in [3.8, 4) is 6.07 Å². The quantitative estimate of drug-likeness (QED) is 0.738. The van der Waals surface area contributed by atoms with Gasteiger partial charge in [0.2, 0.25) is 0 Å². The molecule has 8 heteroatoms. The minimum Gasteiger partial charge on any atom is -0.466 e. The number of nitrogens with two attached hydrogens (primary N) is 1. The molecule has 0 saturated heterocycles. The number of allylic oxidation sites excluding steroid dienone is 1. The van der Waals surface area contributed by atoms with Gasteiger partial charge in [0.1, 0.15) is 10.9 Å². The number of amides is 1. The van der Waals surface area contributed by atoms with Crippen LogP contribution in [-0.4, -0.2) is 23.9 Å². The molecule has 0 saturated carbocycles. The Balaban J connectivity index is 2.00. The Morgan fingerprint density at radius 3 is 2.59 bits per heavy atom. The summed E-state index contributed by atoms with van der Waals surface area (Å²) in [5, 5.41) is 10.9. The number of esters is 1. The second-order valence-corrected chi connectivity index (χ2v) is 7.81. The molecular weight excluding hydrogens is 410 g/mol. The smallest absolute Gasteiger partial charge is 0.338 e. The number of fused-ring (bicyclic) bond motifs is 2. The van der Waals surface area contributed by atoms with Gasteiger partial charge in [-0.2, -0.15) is 5.26 Å². The zero-order chi connectivity index (χ0) is 20.7. The summed E-state index contributed by atoms with van der Waals surface area (Å²) in [6, 6.07) is 16.0. The first-order valence-electron chi connectivity index (χ1n) is 8.57. The fourth-order valence-electron chi connectivity index (χ4n) is 3.46. The summed E-state index contributed by atoms with van der Waals surface area (Å²) in [4.78, 5) is 27.8. The highest BCUT2D eigenvalue weighted by Gasteiger charge is 2.44. The van der Waals surface area contributed by atoms with Crippen molar-refractivity contribution in [2.45, 2.75) is 10.8 Å². The van der Waals surface area contributed by atoms with Gasteiger partial charge >= 0.3 is 5.97 Å². The Kier molecular flexibility index (Phi) is 4.82. The van der Waals surface area contributed by atoms with Crippen LogP contribution in [-0.2, 0) is 9.53 Å². The van der Waals surface area contributed by atoms with Gasteiger partial charge in [-0.15, -0.1) is 0 Å². The highest BCUT2D eigenvalue weighted by atomic mass is 35.5. The maximum Gasteiger partial charge on any atom is 0.338 e. The molecule has 1 atom stereocenters. The predicted molar refractivity (Wildman–Crippen MR) is 109 cm³/mol. The first kappa shape index (κ1) is 19.1. The van der Waals surface area contributed by atoms with E-state index in [9.17, 15) is 14.9 Å². The third-order valence-electron chi connectivity index (χ3n) is 4.78. The number of carbonyl (C=O) groups is 2. The topological polar surface area (TPSA) is 96.4 Å². The Bertz CT molecular complexity index is 1150. The van der Waals surface area contributed by atoms with E-state index in [4.69, 9.17) is 22.1 Å². The number of ether oxygens (including phenoxy) is 1. The van der Waals surface area contributed by atoms with Crippen LogP contribution in [0.5, 0.6) is 0 Å². The van der Waals surface area contributed by atoms with Gasteiger partial charge in [0, 0.05) is 9.92 Å². The molecule has 6 nitrogen and oxygen atoms in total. The highest BCUT2D eigenvalue weighted by molar-refractivity contribution is 8.03.